The molecule has 2 saturated carbocycles. The fourth-order valence-electron chi connectivity index (χ4n) is 4.41. The quantitative estimate of drug-likeness (QED) is 0.550. The molecule has 0 heterocycles. The maximum atomic E-state index is 11.9. The summed E-state index contributed by atoms with van der Waals surface area (Å²) in [5.41, 5.74) is 0. The van der Waals surface area contributed by atoms with E-state index in [0.717, 1.165) is 30.1 Å². The van der Waals surface area contributed by atoms with Crippen molar-refractivity contribution in [1.29, 1.82) is 0 Å². The number of halogens is 1. The van der Waals surface area contributed by atoms with Crippen molar-refractivity contribution in [2.75, 3.05) is 0 Å². The van der Waals surface area contributed by atoms with Crippen molar-refractivity contribution < 1.29 is 4.39 Å². The van der Waals surface area contributed by atoms with Gasteiger partial charge in [-0.1, -0.05) is 45.1 Å². The highest BCUT2D eigenvalue weighted by Gasteiger charge is 2.30. The minimum Gasteiger partial charge on any atom is -0.216 e. The van der Waals surface area contributed by atoms with E-state index in [9.17, 15) is 4.39 Å². The Kier molecular flexibility index (Phi) is 6.40. The maximum Gasteiger partial charge on any atom is 0.0827 e. The van der Waals surface area contributed by atoms with Crippen LogP contribution in [0.1, 0.15) is 77.6 Å². The smallest absolute Gasteiger partial charge is 0.0827 e. The highest BCUT2D eigenvalue weighted by atomic mass is 19.1. The summed E-state index contributed by atoms with van der Waals surface area (Å²) in [6.07, 6.45) is 17.6. The fourth-order valence-corrected chi connectivity index (χ4v) is 4.41. The summed E-state index contributed by atoms with van der Waals surface area (Å²) in [4.78, 5) is 0. The van der Waals surface area contributed by atoms with Crippen molar-refractivity contribution in [1.82, 2.24) is 0 Å². The normalized spacial score (nSPS) is 36.7. The van der Waals surface area contributed by atoms with Crippen LogP contribution in [0, 0.1) is 23.7 Å². The molecule has 2 aliphatic carbocycles. The van der Waals surface area contributed by atoms with Crippen LogP contribution in [0.3, 0.4) is 0 Å². The lowest BCUT2D eigenvalue weighted by Crippen LogP contribution is -2.25. The molecule has 0 aromatic heterocycles. The van der Waals surface area contributed by atoms with Crippen LogP contribution in [0.2, 0.25) is 0 Å². The van der Waals surface area contributed by atoms with E-state index in [1.807, 2.05) is 0 Å². The molecule has 0 bridgehead atoms. The van der Waals surface area contributed by atoms with Crippen LogP contribution in [0.15, 0.2) is 12.4 Å². The first-order valence-electron chi connectivity index (χ1n) is 8.58. The van der Waals surface area contributed by atoms with Crippen LogP contribution in [-0.2, 0) is 0 Å². The van der Waals surface area contributed by atoms with Gasteiger partial charge in [-0.15, -0.1) is 0 Å². The molecule has 0 nitrogen and oxygen atoms in total. The molecule has 0 aliphatic heterocycles. The molecule has 0 amide bonds. The molecule has 0 N–H and O–H groups in total. The largest absolute Gasteiger partial charge is 0.216 e. The van der Waals surface area contributed by atoms with Crippen LogP contribution in [-0.4, -0.2) is 0 Å². The Balaban J connectivity index is 1.66. The topological polar surface area (TPSA) is 0 Å². The summed E-state index contributed by atoms with van der Waals surface area (Å²) in [6.45, 7) is 2.35. The standard InChI is InChI=1S/C18H31F/c1-2-15-6-10-17(11-7-15)18-12-8-16(9-13-18)5-3-4-14-19/h4,14-18H,2-3,5-13H2,1H3/b14-4+/t15-,16?,17-,18?. The molecule has 110 valence electrons. The lowest BCUT2D eigenvalue weighted by molar-refractivity contribution is 0.143. The molecule has 0 aromatic rings. The van der Waals surface area contributed by atoms with Crippen molar-refractivity contribution in [2.45, 2.75) is 77.6 Å². The Hall–Kier alpha value is -0.330. The van der Waals surface area contributed by atoms with Crippen molar-refractivity contribution in [2.24, 2.45) is 23.7 Å². The molecule has 0 radical (unpaired) electrons. The van der Waals surface area contributed by atoms with E-state index in [4.69, 9.17) is 0 Å². The van der Waals surface area contributed by atoms with Gasteiger partial charge in [-0.3, -0.25) is 0 Å². The van der Waals surface area contributed by atoms with Crippen LogP contribution in [0.25, 0.3) is 0 Å². The third kappa shape index (κ3) is 4.61. The van der Waals surface area contributed by atoms with E-state index >= 15 is 0 Å². The molecule has 0 spiro atoms. The molecule has 2 aliphatic rings. The Morgan fingerprint density at radius 1 is 0.842 bits per heavy atom. The van der Waals surface area contributed by atoms with Crippen LogP contribution >= 0.6 is 0 Å². The van der Waals surface area contributed by atoms with Gasteiger partial charge in [0.25, 0.3) is 0 Å². The molecular weight excluding hydrogens is 235 g/mol. The fraction of sp³-hybridized carbons (Fsp3) is 0.889. The summed E-state index contributed by atoms with van der Waals surface area (Å²) in [5.74, 6) is 3.96. The first kappa shape index (κ1) is 15.1. The zero-order valence-electron chi connectivity index (χ0n) is 12.6. The lowest BCUT2D eigenvalue weighted by Gasteiger charge is -2.37. The minimum absolute atomic E-state index is 0.706. The zero-order valence-corrected chi connectivity index (χ0v) is 12.6. The third-order valence-corrected chi connectivity index (χ3v) is 5.86. The Bertz CT molecular complexity index is 255. The summed E-state index contributed by atoms with van der Waals surface area (Å²) in [6, 6.07) is 0. The van der Waals surface area contributed by atoms with E-state index in [2.05, 4.69) is 6.92 Å². The lowest BCUT2D eigenvalue weighted by atomic mass is 9.68. The summed E-state index contributed by atoms with van der Waals surface area (Å²) in [7, 11) is 0. The van der Waals surface area contributed by atoms with Crippen molar-refractivity contribution in [3.8, 4) is 0 Å². The zero-order chi connectivity index (χ0) is 13.5. The van der Waals surface area contributed by atoms with Gasteiger partial charge in [0.15, 0.2) is 0 Å². The second-order valence-corrected chi connectivity index (χ2v) is 6.91. The Labute approximate surface area is 118 Å². The second-order valence-electron chi connectivity index (χ2n) is 6.91. The van der Waals surface area contributed by atoms with Gasteiger partial charge in [-0.2, -0.15) is 0 Å². The monoisotopic (exact) mass is 266 g/mol. The van der Waals surface area contributed by atoms with Crippen molar-refractivity contribution >= 4 is 0 Å². The van der Waals surface area contributed by atoms with E-state index in [1.165, 1.54) is 64.2 Å². The van der Waals surface area contributed by atoms with Crippen molar-refractivity contribution in [3.05, 3.63) is 12.4 Å². The van der Waals surface area contributed by atoms with Crippen LogP contribution in [0.4, 0.5) is 4.39 Å². The van der Waals surface area contributed by atoms with Gasteiger partial charge < -0.3 is 0 Å². The molecule has 2 fully saturated rings. The van der Waals surface area contributed by atoms with Crippen LogP contribution < -0.4 is 0 Å². The molecule has 19 heavy (non-hydrogen) atoms. The van der Waals surface area contributed by atoms with Gasteiger partial charge >= 0.3 is 0 Å². The predicted molar refractivity (Wildman–Crippen MR) is 80.7 cm³/mol. The molecule has 0 unspecified atom stereocenters. The maximum absolute atomic E-state index is 11.9. The second kappa shape index (κ2) is 8.07. The Morgan fingerprint density at radius 3 is 1.84 bits per heavy atom. The van der Waals surface area contributed by atoms with Gasteiger partial charge in [-0.05, 0) is 62.2 Å². The van der Waals surface area contributed by atoms with E-state index in [-0.39, 0.29) is 0 Å². The van der Waals surface area contributed by atoms with Gasteiger partial charge in [0.05, 0.1) is 6.33 Å². The van der Waals surface area contributed by atoms with Gasteiger partial charge in [0.1, 0.15) is 0 Å². The molecular formula is C18H31F. The third-order valence-electron chi connectivity index (χ3n) is 5.86. The van der Waals surface area contributed by atoms with Gasteiger partial charge in [0, 0.05) is 0 Å². The number of allylic oxidation sites excluding steroid dienone is 1. The van der Waals surface area contributed by atoms with Crippen LogP contribution in [0.5, 0.6) is 0 Å². The van der Waals surface area contributed by atoms with E-state index < -0.39 is 0 Å². The number of hydrogen-bond acceptors (Lipinski definition) is 0. The number of hydrogen-bond donors (Lipinski definition) is 0. The average molecular weight is 266 g/mol. The average Bonchev–Trinajstić information content (AvgIpc) is 2.48. The molecule has 1 heteroatoms. The van der Waals surface area contributed by atoms with E-state index in [0.29, 0.717) is 6.33 Å². The van der Waals surface area contributed by atoms with Gasteiger partial charge in [-0.25, -0.2) is 4.39 Å². The number of rotatable bonds is 5. The molecule has 0 atom stereocenters. The summed E-state index contributed by atoms with van der Waals surface area (Å²) >= 11 is 0. The Morgan fingerprint density at radius 2 is 1.37 bits per heavy atom. The summed E-state index contributed by atoms with van der Waals surface area (Å²) < 4.78 is 11.9. The summed E-state index contributed by atoms with van der Waals surface area (Å²) in [5, 5.41) is 0. The first-order chi connectivity index (χ1) is 9.33. The molecule has 2 rings (SSSR count). The molecule has 0 aromatic carbocycles. The highest BCUT2D eigenvalue weighted by molar-refractivity contribution is 4.83. The highest BCUT2D eigenvalue weighted by Crippen LogP contribution is 2.42. The minimum atomic E-state index is 0.706. The predicted octanol–water partition coefficient (Wildman–Crippen LogP) is 6.27. The van der Waals surface area contributed by atoms with Gasteiger partial charge in [0.2, 0.25) is 0 Å². The first-order valence-corrected chi connectivity index (χ1v) is 8.58. The SMILES string of the molecule is CC[C@H]1CC[C@H](C2CCC(CC/C=C/F)CC2)CC1. The van der Waals surface area contributed by atoms with E-state index in [1.54, 1.807) is 6.08 Å². The molecule has 0 saturated heterocycles. The van der Waals surface area contributed by atoms with Crippen molar-refractivity contribution in [3.63, 3.8) is 0 Å².